The summed E-state index contributed by atoms with van der Waals surface area (Å²) >= 11 is 0. The number of hydrogen-bond donors (Lipinski definition) is 2. The topological polar surface area (TPSA) is 81.2 Å². The van der Waals surface area contributed by atoms with Gasteiger partial charge in [-0.05, 0) is 38.3 Å². The van der Waals surface area contributed by atoms with Crippen molar-refractivity contribution in [1.82, 2.24) is 0 Å². The molecule has 0 aliphatic carbocycles. The molecule has 5 nitrogen and oxygen atoms in total. The van der Waals surface area contributed by atoms with Gasteiger partial charge in [0.15, 0.2) is 0 Å². The highest BCUT2D eigenvalue weighted by Gasteiger charge is 2.24. The summed E-state index contributed by atoms with van der Waals surface area (Å²) in [6.07, 6.45) is 0.944. The molecule has 0 spiro atoms. The molecule has 0 aromatic heterocycles. The predicted octanol–water partition coefficient (Wildman–Crippen LogP) is 3.08. The third kappa shape index (κ3) is 4.21. The Kier molecular flexibility index (Phi) is 4.89. The van der Waals surface area contributed by atoms with E-state index in [1.807, 2.05) is 0 Å². The van der Waals surface area contributed by atoms with Gasteiger partial charge in [-0.25, -0.2) is 0 Å². The lowest BCUT2D eigenvalue weighted by Crippen LogP contribution is -2.43. The molecule has 1 rings (SSSR count). The lowest BCUT2D eigenvalue weighted by molar-refractivity contribution is -0.385. The first-order valence-electron chi connectivity index (χ1n) is 6.51. The zero-order valence-electron chi connectivity index (χ0n) is 12.1. The van der Waals surface area contributed by atoms with Crippen LogP contribution in [0.5, 0.6) is 0 Å². The molecule has 3 N–H and O–H groups in total. The third-order valence-corrected chi connectivity index (χ3v) is 3.15. The average molecular weight is 265 g/mol. The first-order chi connectivity index (χ1) is 8.77. The maximum absolute atomic E-state index is 10.8. The molecule has 19 heavy (non-hydrogen) atoms. The molecule has 1 aromatic carbocycles. The molecular weight excluding hydrogens is 242 g/mol. The predicted molar refractivity (Wildman–Crippen MR) is 78.4 cm³/mol. The number of aryl methyl sites for hydroxylation is 1. The molecule has 0 fully saturated rings. The van der Waals surface area contributed by atoms with E-state index in [0.717, 1.165) is 12.1 Å². The summed E-state index contributed by atoms with van der Waals surface area (Å²) in [4.78, 5) is 10.4. The van der Waals surface area contributed by atoms with E-state index in [9.17, 15) is 10.1 Å². The maximum Gasteiger partial charge on any atom is 0.272 e. The summed E-state index contributed by atoms with van der Waals surface area (Å²) in [6, 6.07) is 5.07. The Hall–Kier alpha value is -1.62. The summed E-state index contributed by atoms with van der Waals surface area (Å²) in [6.45, 7) is 8.63. The van der Waals surface area contributed by atoms with Crippen LogP contribution in [0.1, 0.15) is 32.8 Å². The van der Waals surface area contributed by atoms with Crippen LogP contribution in [-0.2, 0) is 0 Å². The van der Waals surface area contributed by atoms with E-state index >= 15 is 0 Å². The Morgan fingerprint density at radius 1 is 1.47 bits per heavy atom. The van der Waals surface area contributed by atoms with Gasteiger partial charge < -0.3 is 11.1 Å². The second-order valence-electron chi connectivity index (χ2n) is 5.75. The molecule has 1 unspecified atom stereocenters. The Balaban J connectivity index is 2.92. The highest BCUT2D eigenvalue weighted by Crippen LogP contribution is 2.26. The summed E-state index contributed by atoms with van der Waals surface area (Å²) in [5.74, 6) is 0.528. The number of rotatable bonds is 6. The highest BCUT2D eigenvalue weighted by atomic mass is 16.6. The minimum Gasteiger partial charge on any atom is -0.379 e. The molecule has 106 valence electrons. The monoisotopic (exact) mass is 265 g/mol. The van der Waals surface area contributed by atoms with Crippen molar-refractivity contribution in [1.29, 1.82) is 0 Å². The van der Waals surface area contributed by atoms with Crippen LogP contribution < -0.4 is 11.1 Å². The lowest BCUT2D eigenvalue weighted by atomic mass is 9.90. The van der Waals surface area contributed by atoms with Crippen molar-refractivity contribution in [3.8, 4) is 0 Å². The smallest absolute Gasteiger partial charge is 0.272 e. The van der Waals surface area contributed by atoms with Crippen molar-refractivity contribution in [2.75, 3.05) is 11.9 Å². The highest BCUT2D eigenvalue weighted by molar-refractivity contribution is 5.54. The van der Waals surface area contributed by atoms with Gasteiger partial charge in [-0.15, -0.1) is 0 Å². The molecule has 0 bridgehead atoms. The Labute approximate surface area is 114 Å². The average Bonchev–Trinajstić information content (AvgIpc) is 2.27. The van der Waals surface area contributed by atoms with Crippen LogP contribution in [0.25, 0.3) is 0 Å². The van der Waals surface area contributed by atoms with Crippen molar-refractivity contribution in [2.24, 2.45) is 11.7 Å². The quantitative estimate of drug-likeness (QED) is 0.611. The van der Waals surface area contributed by atoms with E-state index < -0.39 is 0 Å². The SMILES string of the molecule is Cc1cc(NC(C)(CN)CC(C)C)ccc1[N+](=O)[O-]. The van der Waals surface area contributed by atoms with E-state index in [-0.39, 0.29) is 16.1 Å². The van der Waals surface area contributed by atoms with Gasteiger partial charge in [0, 0.05) is 29.4 Å². The number of nitrogens with zero attached hydrogens (tertiary/aromatic N) is 1. The first kappa shape index (κ1) is 15.4. The van der Waals surface area contributed by atoms with Gasteiger partial charge in [-0.3, -0.25) is 10.1 Å². The Morgan fingerprint density at radius 2 is 2.11 bits per heavy atom. The number of nitro groups is 1. The molecule has 0 aliphatic rings. The van der Waals surface area contributed by atoms with Crippen molar-refractivity contribution in [3.63, 3.8) is 0 Å². The third-order valence-electron chi connectivity index (χ3n) is 3.15. The zero-order chi connectivity index (χ0) is 14.6. The summed E-state index contributed by atoms with van der Waals surface area (Å²) in [7, 11) is 0. The van der Waals surface area contributed by atoms with Gasteiger partial charge in [0.1, 0.15) is 0 Å². The number of anilines is 1. The number of hydrogen-bond acceptors (Lipinski definition) is 4. The first-order valence-corrected chi connectivity index (χ1v) is 6.51. The fourth-order valence-corrected chi connectivity index (χ4v) is 2.37. The van der Waals surface area contributed by atoms with Gasteiger partial charge >= 0.3 is 0 Å². The van der Waals surface area contributed by atoms with E-state index in [1.54, 1.807) is 19.1 Å². The normalized spacial score (nSPS) is 14.2. The fraction of sp³-hybridized carbons (Fsp3) is 0.571. The molecule has 0 radical (unpaired) electrons. The fourth-order valence-electron chi connectivity index (χ4n) is 2.37. The molecule has 0 heterocycles. The van der Waals surface area contributed by atoms with Gasteiger partial charge in [0.25, 0.3) is 5.69 Å². The van der Waals surface area contributed by atoms with Gasteiger partial charge in [-0.2, -0.15) is 0 Å². The van der Waals surface area contributed by atoms with Gasteiger partial charge in [0.2, 0.25) is 0 Å². The zero-order valence-corrected chi connectivity index (χ0v) is 12.1. The van der Waals surface area contributed by atoms with Crippen molar-refractivity contribution < 1.29 is 4.92 Å². The summed E-state index contributed by atoms with van der Waals surface area (Å²) < 4.78 is 0. The van der Waals surface area contributed by atoms with Crippen molar-refractivity contribution in [3.05, 3.63) is 33.9 Å². The van der Waals surface area contributed by atoms with Crippen LogP contribution in [0.4, 0.5) is 11.4 Å². The van der Waals surface area contributed by atoms with Crippen LogP contribution in [0.3, 0.4) is 0 Å². The molecule has 5 heteroatoms. The lowest BCUT2D eigenvalue weighted by Gasteiger charge is -2.32. The van der Waals surface area contributed by atoms with Crippen molar-refractivity contribution >= 4 is 11.4 Å². The molecule has 1 aromatic rings. The second kappa shape index (κ2) is 6.02. The molecule has 0 saturated heterocycles. The number of nitrogens with one attached hydrogen (secondary N) is 1. The largest absolute Gasteiger partial charge is 0.379 e. The maximum atomic E-state index is 10.8. The standard InChI is InChI=1S/C14H23N3O2/c1-10(2)8-14(4,9-15)16-12-5-6-13(17(18)19)11(3)7-12/h5-7,10,16H,8-9,15H2,1-4H3. The number of nitro benzene ring substituents is 1. The van der Waals surface area contributed by atoms with Crippen molar-refractivity contribution in [2.45, 2.75) is 39.7 Å². The minimum absolute atomic E-state index is 0.142. The van der Waals surface area contributed by atoms with Crippen LogP contribution in [-0.4, -0.2) is 17.0 Å². The summed E-state index contributed by atoms with van der Waals surface area (Å²) in [5, 5.41) is 14.2. The number of benzene rings is 1. The van der Waals surface area contributed by atoms with E-state index in [2.05, 4.69) is 26.1 Å². The Bertz CT molecular complexity index is 460. The van der Waals surface area contributed by atoms with E-state index in [4.69, 9.17) is 5.73 Å². The second-order valence-corrected chi connectivity index (χ2v) is 5.75. The van der Waals surface area contributed by atoms with Crippen LogP contribution >= 0.6 is 0 Å². The minimum atomic E-state index is -0.366. The van der Waals surface area contributed by atoms with Crippen LogP contribution in [0.2, 0.25) is 0 Å². The Morgan fingerprint density at radius 3 is 2.53 bits per heavy atom. The van der Waals surface area contributed by atoms with E-state index in [0.29, 0.717) is 18.0 Å². The molecule has 0 aliphatic heterocycles. The van der Waals surface area contributed by atoms with Crippen LogP contribution in [0, 0.1) is 23.0 Å². The number of nitrogens with two attached hydrogens (primary N) is 1. The van der Waals surface area contributed by atoms with E-state index in [1.165, 1.54) is 6.07 Å². The molecule has 0 saturated carbocycles. The molecule has 1 atom stereocenters. The van der Waals surface area contributed by atoms with Gasteiger partial charge in [0.05, 0.1) is 4.92 Å². The molecular formula is C14H23N3O2. The summed E-state index contributed by atoms with van der Waals surface area (Å²) in [5.41, 5.74) is 7.32. The van der Waals surface area contributed by atoms with Gasteiger partial charge in [-0.1, -0.05) is 13.8 Å². The van der Waals surface area contributed by atoms with Crippen LogP contribution in [0.15, 0.2) is 18.2 Å². The molecule has 0 amide bonds.